The summed E-state index contributed by atoms with van der Waals surface area (Å²) in [7, 11) is 0. The molecular formula is C22H23ClN6O. The number of aryl methyl sites for hydroxylation is 1. The van der Waals surface area contributed by atoms with Crippen molar-refractivity contribution < 1.29 is 28.4 Å². The molecule has 2 aromatic heterocycles. The van der Waals surface area contributed by atoms with Gasteiger partial charge in [0.2, 0.25) is 5.82 Å². The van der Waals surface area contributed by atoms with Crippen molar-refractivity contribution in [1.29, 1.82) is 0 Å². The molecule has 0 spiro atoms. The van der Waals surface area contributed by atoms with Crippen molar-refractivity contribution in [1.82, 2.24) is 30.2 Å². The molecule has 0 unspecified atom stereocenters. The van der Waals surface area contributed by atoms with Crippen LogP contribution < -0.4 is 0 Å². The maximum absolute atomic E-state index is 10.3. The number of aromatic nitrogens is 6. The molecule has 0 aliphatic carbocycles. The second kappa shape index (κ2) is 9.19. The summed E-state index contributed by atoms with van der Waals surface area (Å²) in [6, 6.07) is 2.26. The monoisotopic (exact) mass is 439 g/mol. The summed E-state index contributed by atoms with van der Waals surface area (Å²) in [6.07, 6.45) is -11.7. The van der Waals surface area contributed by atoms with Gasteiger partial charge in [-0.25, -0.2) is 4.98 Å². The van der Waals surface area contributed by atoms with Gasteiger partial charge in [-0.15, -0.1) is 10.2 Å². The third-order valence-corrected chi connectivity index (χ3v) is 4.11. The van der Waals surface area contributed by atoms with Crippen LogP contribution in [0.5, 0.6) is 0 Å². The van der Waals surface area contributed by atoms with Gasteiger partial charge in [-0.1, -0.05) is 73.3 Å². The lowest BCUT2D eigenvalue weighted by atomic mass is 9.98. The van der Waals surface area contributed by atoms with Crippen LogP contribution in [0.2, 0.25) is 5.15 Å². The molecule has 4 rings (SSSR count). The first kappa shape index (κ1) is 8.24. The van der Waals surface area contributed by atoms with Gasteiger partial charge in [-0.3, -0.25) is 0 Å². The molecule has 0 aliphatic rings. The van der Waals surface area contributed by atoms with Gasteiger partial charge >= 0.3 is 0 Å². The molecule has 0 bridgehead atoms. The fourth-order valence-corrected chi connectivity index (χ4v) is 2.78. The zero-order valence-corrected chi connectivity index (χ0v) is 15.6. The molecule has 2 heterocycles. The number of hydrogen-bond acceptors (Lipinski definition) is 5. The lowest BCUT2D eigenvalue weighted by Crippen LogP contribution is -2.09. The summed E-state index contributed by atoms with van der Waals surface area (Å²) in [6.45, 7) is -10.5. The summed E-state index contributed by atoms with van der Waals surface area (Å²) in [4.78, 5) is 3.56. The van der Waals surface area contributed by atoms with Gasteiger partial charge in [0.1, 0.15) is 5.82 Å². The van der Waals surface area contributed by atoms with E-state index < -0.39 is 85.4 Å². The van der Waals surface area contributed by atoms with E-state index in [1.165, 1.54) is 12.1 Å². The fraction of sp³-hybridized carbons (Fsp3) is 0.273. The highest BCUT2D eigenvalue weighted by Gasteiger charge is 2.16. The highest BCUT2D eigenvalue weighted by atomic mass is 35.5. The normalized spacial score (nSPS) is 22.3. The van der Waals surface area contributed by atoms with Crippen LogP contribution in [0.3, 0.4) is 0 Å². The molecule has 0 saturated carbocycles. The number of aliphatic hydroxyl groups is 1. The molecule has 2 N–H and O–H groups in total. The van der Waals surface area contributed by atoms with Crippen LogP contribution in [-0.4, -0.2) is 35.3 Å². The minimum atomic E-state index is -3.99. The number of nitrogens with one attached hydrogen (secondary N) is 1. The summed E-state index contributed by atoms with van der Waals surface area (Å²) in [5.41, 5.74) is -1.83. The minimum absolute atomic E-state index is 0.0792. The average Bonchev–Trinajstić information content (AvgIpc) is 3.61. The molecule has 0 saturated heterocycles. The number of benzene rings is 2. The van der Waals surface area contributed by atoms with Crippen molar-refractivity contribution in [3.63, 3.8) is 0 Å². The third kappa shape index (κ3) is 4.13. The Hall–Kier alpha value is -3.03. The summed E-state index contributed by atoms with van der Waals surface area (Å²) in [5.74, 6) is -1.58. The second-order valence-corrected chi connectivity index (χ2v) is 5.93. The Kier molecular flexibility index (Phi) is 2.53. The topological polar surface area (TPSA) is 92.5 Å². The van der Waals surface area contributed by atoms with Crippen molar-refractivity contribution in [3.8, 4) is 22.5 Å². The quantitative estimate of drug-likeness (QED) is 0.427. The maximum atomic E-state index is 10.3. The van der Waals surface area contributed by atoms with Gasteiger partial charge in [0, 0.05) is 30.8 Å². The van der Waals surface area contributed by atoms with E-state index in [-0.39, 0.29) is 27.1 Å². The number of halogens is 1. The molecule has 8 heteroatoms. The van der Waals surface area contributed by atoms with Gasteiger partial charge < -0.3 is 9.67 Å². The Morgan fingerprint density at radius 1 is 1.23 bits per heavy atom. The lowest BCUT2D eigenvalue weighted by Gasteiger charge is -2.12. The van der Waals surface area contributed by atoms with E-state index in [1.54, 1.807) is 0 Å². The predicted octanol–water partition coefficient (Wildman–Crippen LogP) is 4.27. The van der Waals surface area contributed by atoms with E-state index in [9.17, 15) is 5.11 Å². The molecule has 0 aliphatic heterocycles. The molecule has 2 aromatic carbocycles. The van der Waals surface area contributed by atoms with Gasteiger partial charge in [0.25, 0.3) is 0 Å². The van der Waals surface area contributed by atoms with Crippen LogP contribution in [0.4, 0.5) is 0 Å². The van der Waals surface area contributed by atoms with Gasteiger partial charge in [-0.2, -0.15) is 5.21 Å². The van der Waals surface area contributed by atoms with Crippen LogP contribution in [0.15, 0.2) is 48.4 Å². The third-order valence-electron chi connectivity index (χ3n) is 3.85. The van der Waals surface area contributed by atoms with Crippen molar-refractivity contribution in [3.05, 3.63) is 70.7 Å². The van der Waals surface area contributed by atoms with E-state index in [0.29, 0.717) is 0 Å². The van der Waals surface area contributed by atoms with E-state index in [4.69, 9.17) is 34.9 Å². The lowest BCUT2D eigenvalue weighted by molar-refractivity contribution is 0.271. The molecule has 4 aromatic rings. The molecule has 0 atom stereocenters. The Balaban J connectivity index is 1.97. The predicted molar refractivity (Wildman–Crippen MR) is 116 cm³/mol. The van der Waals surface area contributed by atoms with Crippen LogP contribution in [0.25, 0.3) is 22.5 Å². The van der Waals surface area contributed by atoms with E-state index in [1.807, 2.05) is 0 Å². The summed E-state index contributed by atoms with van der Waals surface area (Å²) < 4.78 is 138. The summed E-state index contributed by atoms with van der Waals surface area (Å²) >= 11 is 6.04. The van der Waals surface area contributed by atoms with E-state index >= 15 is 0 Å². The number of rotatable bonds is 8. The first-order valence-corrected chi connectivity index (χ1v) is 8.57. The highest BCUT2D eigenvalue weighted by molar-refractivity contribution is 6.30. The first-order chi connectivity index (χ1) is 21.2. The molecule has 0 radical (unpaired) electrons. The van der Waals surface area contributed by atoms with Gasteiger partial charge in [-0.05, 0) is 28.3 Å². The Morgan fingerprint density at radius 2 is 2.03 bits per heavy atom. The van der Waals surface area contributed by atoms with Crippen LogP contribution in [0.1, 0.15) is 60.0 Å². The standard InChI is InChI=1S/C22H23ClN6O/c1-2-3-8-20-24-21(23)19(14-30)29(20)13-15-9-11-16(12-10-15)17-6-4-5-7-18(17)22-25-27-28-26-22/h4-7,9-12,30H,2-3,8,13-14H2,1H3,(H,25,26,27,28)/i1D3,2D2,3D2,4D,5D,6D,7D,8D2,13D2,14D2. The molecular weight excluding hydrogens is 400 g/mol. The van der Waals surface area contributed by atoms with E-state index in [2.05, 4.69) is 25.6 Å². The summed E-state index contributed by atoms with van der Waals surface area (Å²) in [5, 5.41) is 22.5. The Morgan fingerprint density at radius 3 is 2.73 bits per heavy atom. The fourth-order valence-electron chi connectivity index (χ4n) is 2.58. The second-order valence-electron chi connectivity index (χ2n) is 5.57. The largest absolute Gasteiger partial charge is 0.390 e. The van der Waals surface area contributed by atoms with Gasteiger partial charge in [0.15, 0.2) is 5.15 Å². The van der Waals surface area contributed by atoms with Crippen molar-refractivity contribution in [2.75, 3.05) is 0 Å². The van der Waals surface area contributed by atoms with Crippen molar-refractivity contribution in [2.45, 2.75) is 39.0 Å². The number of nitrogens with zero attached hydrogens (tertiary/aromatic N) is 5. The van der Waals surface area contributed by atoms with Crippen LogP contribution in [-0.2, 0) is 19.4 Å². The zero-order chi connectivity index (χ0) is 35.9. The molecule has 0 amide bonds. The zero-order valence-electron chi connectivity index (χ0n) is 31.9. The maximum Gasteiger partial charge on any atom is 0.205 e. The number of H-pyrrole nitrogens is 1. The van der Waals surface area contributed by atoms with Crippen molar-refractivity contribution in [2.24, 2.45) is 0 Å². The highest BCUT2D eigenvalue weighted by Crippen LogP contribution is 2.30. The molecule has 0 fully saturated rings. The SMILES string of the molecule is [2H]c1c([2H])c([2H])c(-c2nn[nH]n2)c(-c2ccc(C([2H])([2H])n3c(C([2H])([2H])C([2H])([2H])C([2H])([2H])C([2H])([2H])[2H])nc(Cl)c3C([2H])([2H])O)cc2)c1[2H]. The molecule has 7 nitrogen and oxygen atoms in total. The van der Waals surface area contributed by atoms with Crippen LogP contribution in [0, 0.1) is 0 Å². The number of imidazole rings is 1. The molecule has 154 valence electrons. The van der Waals surface area contributed by atoms with Crippen molar-refractivity contribution >= 4 is 11.6 Å². The Labute approximate surface area is 203 Å². The Bertz CT molecular complexity index is 1820. The average molecular weight is 440 g/mol. The number of tetrazole rings is 1. The van der Waals surface area contributed by atoms with E-state index in [0.717, 1.165) is 12.1 Å². The molecule has 30 heavy (non-hydrogen) atoms. The smallest absolute Gasteiger partial charge is 0.205 e. The first-order valence-electron chi connectivity index (χ1n) is 16.7. The number of aromatic amines is 1. The number of hydrogen-bond donors (Lipinski definition) is 2. The minimum Gasteiger partial charge on any atom is -0.390 e. The van der Waals surface area contributed by atoms with Gasteiger partial charge in [0.05, 0.1) is 23.2 Å². The van der Waals surface area contributed by atoms with Crippen LogP contribution >= 0.6 is 11.6 Å².